The lowest BCUT2D eigenvalue weighted by molar-refractivity contribution is -0.145. The van der Waals surface area contributed by atoms with Crippen LogP contribution in [0.5, 0.6) is 0 Å². The zero-order valence-corrected chi connectivity index (χ0v) is 10.8. The van der Waals surface area contributed by atoms with Crippen LogP contribution in [0.25, 0.3) is 0 Å². The van der Waals surface area contributed by atoms with Crippen LogP contribution in [0, 0.1) is 6.92 Å². The minimum atomic E-state index is -0.871. The Labute approximate surface area is 103 Å². The van der Waals surface area contributed by atoms with Gasteiger partial charge in [-0.1, -0.05) is 0 Å². The fourth-order valence-electron chi connectivity index (χ4n) is 1.34. The molecule has 0 radical (unpaired) electrons. The lowest BCUT2D eigenvalue weighted by atomic mass is 10.0. The van der Waals surface area contributed by atoms with E-state index in [-0.39, 0.29) is 6.42 Å². The first-order chi connectivity index (χ1) is 7.56. The summed E-state index contributed by atoms with van der Waals surface area (Å²) < 4.78 is 5.59. The van der Waals surface area contributed by atoms with Crippen molar-refractivity contribution in [3.8, 4) is 0 Å². The average molecular weight is 288 g/mol. The number of rotatable bonds is 4. The number of carbonyl (C=O) groups is 1. The van der Waals surface area contributed by atoms with Crippen LogP contribution in [0.1, 0.15) is 30.6 Å². The van der Waals surface area contributed by atoms with Gasteiger partial charge in [0.15, 0.2) is 0 Å². The smallest absolute Gasteiger partial charge is 0.308 e. The zero-order chi connectivity index (χ0) is 12.1. The Hall–Kier alpha value is -0.940. The molecule has 1 heterocycles. The van der Waals surface area contributed by atoms with Crippen LogP contribution in [0.3, 0.4) is 0 Å². The summed E-state index contributed by atoms with van der Waals surface area (Å²) >= 11 is 3.32. The number of hydrogen-bond acceptors (Lipinski definition) is 4. The number of carbonyl (C=O) groups excluding carboxylic acids is 1. The van der Waals surface area contributed by atoms with E-state index in [4.69, 9.17) is 4.74 Å². The summed E-state index contributed by atoms with van der Waals surface area (Å²) in [5.74, 6) is -0.408. The van der Waals surface area contributed by atoms with Crippen LogP contribution in [-0.4, -0.2) is 22.7 Å². The van der Waals surface area contributed by atoms with E-state index >= 15 is 0 Å². The van der Waals surface area contributed by atoms with E-state index in [1.54, 1.807) is 19.3 Å². The van der Waals surface area contributed by atoms with Gasteiger partial charge < -0.3 is 9.84 Å². The molecular weight excluding hydrogens is 274 g/mol. The van der Waals surface area contributed by atoms with Crippen LogP contribution in [0.15, 0.2) is 16.9 Å². The van der Waals surface area contributed by atoms with E-state index < -0.39 is 12.1 Å². The Kier molecular flexibility index (Phi) is 4.89. The van der Waals surface area contributed by atoms with Crippen molar-refractivity contribution in [2.75, 3.05) is 6.61 Å². The van der Waals surface area contributed by atoms with E-state index in [1.165, 1.54) is 0 Å². The number of ether oxygens (including phenoxy) is 1. The molecule has 0 spiro atoms. The number of nitrogens with zero attached hydrogens (tertiary/aromatic N) is 1. The first kappa shape index (κ1) is 13.1. The summed E-state index contributed by atoms with van der Waals surface area (Å²) in [5, 5.41) is 9.86. The molecule has 16 heavy (non-hydrogen) atoms. The topological polar surface area (TPSA) is 59.4 Å². The second kappa shape index (κ2) is 5.96. The highest BCUT2D eigenvalue weighted by Crippen LogP contribution is 2.25. The summed E-state index contributed by atoms with van der Waals surface area (Å²) in [7, 11) is 0. The van der Waals surface area contributed by atoms with Gasteiger partial charge in [0, 0.05) is 22.4 Å². The van der Waals surface area contributed by atoms with Crippen LogP contribution in [0.4, 0.5) is 0 Å². The molecule has 0 aromatic carbocycles. The van der Waals surface area contributed by atoms with Gasteiger partial charge in [-0.15, -0.1) is 0 Å². The standard InChI is InChI=1S/C11H14BrNO3/c1-3-16-11(15)4-10(14)8-5-13-6-9(12)7(8)2/h5-6,10,14H,3-4H2,1-2H3. The van der Waals surface area contributed by atoms with Gasteiger partial charge >= 0.3 is 5.97 Å². The minimum Gasteiger partial charge on any atom is -0.466 e. The van der Waals surface area contributed by atoms with Crippen LogP contribution in [0.2, 0.25) is 0 Å². The van der Waals surface area contributed by atoms with Crippen molar-refractivity contribution in [2.45, 2.75) is 26.4 Å². The van der Waals surface area contributed by atoms with Gasteiger partial charge in [0.25, 0.3) is 0 Å². The minimum absolute atomic E-state index is 0.0488. The summed E-state index contributed by atoms with van der Waals surface area (Å²) in [6, 6.07) is 0. The molecule has 1 aromatic heterocycles. The second-order valence-corrected chi connectivity index (χ2v) is 4.21. The van der Waals surface area contributed by atoms with Crippen molar-refractivity contribution in [3.05, 3.63) is 28.0 Å². The first-order valence-electron chi connectivity index (χ1n) is 5.00. The van der Waals surface area contributed by atoms with E-state index in [1.807, 2.05) is 6.92 Å². The quantitative estimate of drug-likeness (QED) is 0.862. The number of aromatic nitrogens is 1. The molecule has 5 heteroatoms. The van der Waals surface area contributed by atoms with Gasteiger partial charge in [-0.3, -0.25) is 9.78 Å². The van der Waals surface area contributed by atoms with Gasteiger partial charge in [0.05, 0.1) is 19.1 Å². The van der Waals surface area contributed by atoms with Crippen molar-refractivity contribution >= 4 is 21.9 Å². The third-order valence-corrected chi connectivity index (χ3v) is 3.02. The highest BCUT2D eigenvalue weighted by molar-refractivity contribution is 9.10. The SMILES string of the molecule is CCOC(=O)CC(O)c1cncc(Br)c1C. The lowest BCUT2D eigenvalue weighted by Crippen LogP contribution is -2.11. The Morgan fingerprint density at radius 3 is 2.94 bits per heavy atom. The van der Waals surface area contributed by atoms with Crippen LogP contribution < -0.4 is 0 Å². The number of aliphatic hydroxyl groups excluding tert-OH is 1. The molecule has 0 aliphatic carbocycles. The molecule has 1 aromatic rings. The summed E-state index contributed by atoms with van der Waals surface area (Å²) in [5.41, 5.74) is 1.52. The Balaban J connectivity index is 2.76. The Morgan fingerprint density at radius 1 is 1.62 bits per heavy atom. The summed E-state index contributed by atoms with van der Waals surface area (Å²) in [6.45, 7) is 3.91. The maximum atomic E-state index is 11.2. The van der Waals surface area contributed by atoms with E-state index in [0.29, 0.717) is 12.2 Å². The Bertz CT molecular complexity index is 381. The fourth-order valence-corrected chi connectivity index (χ4v) is 1.69. The number of esters is 1. The number of aliphatic hydroxyl groups is 1. The van der Waals surface area contributed by atoms with Crippen molar-refractivity contribution in [3.63, 3.8) is 0 Å². The molecule has 0 saturated carbocycles. The van der Waals surface area contributed by atoms with Crippen LogP contribution >= 0.6 is 15.9 Å². The van der Waals surface area contributed by atoms with Crippen molar-refractivity contribution in [1.29, 1.82) is 0 Å². The predicted molar refractivity (Wildman–Crippen MR) is 62.9 cm³/mol. The molecule has 1 rings (SSSR count). The second-order valence-electron chi connectivity index (χ2n) is 3.36. The third kappa shape index (κ3) is 3.28. The molecule has 4 nitrogen and oxygen atoms in total. The molecule has 1 unspecified atom stereocenters. The van der Waals surface area contributed by atoms with Crippen LogP contribution in [-0.2, 0) is 9.53 Å². The zero-order valence-electron chi connectivity index (χ0n) is 9.24. The molecule has 0 aliphatic rings. The fraction of sp³-hybridized carbons (Fsp3) is 0.455. The monoisotopic (exact) mass is 287 g/mol. The molecule has 0 amide bonds. The number of hydrogen-bond donors (Lipinski definition) is 1. The van der Waals surface area contributed by atoms with Gasteiger partial charge in [0.1, 0.15) is 0 Å². The summed E-state index contributed by atoms with van der Waals surface area (Å²) in [6.07, 6.45) is 2.29. The van der Waals surface area contributed by atoms with Gasteiger partial charge in [0.2, 0.25) is 0 Å². The molecule has 1 N–H and O–H groups in total. The molecule has 0 saturated heterocycles. The maximum absolute atomic E-state index is 11.2. The third-order valence-electron chi connectivity index (χ3n) is 2.22. The Morgan fingerprint density at radius 2 is 2.31 bits per heavy atom. The number of halogens is 1. The normalized spacial score (nSPS) is 12.2. The number of pyridine rings is 1. The van der Waals surface area contributed by atoms with E-state index in [2.05, 4.69) is 20.9 Å². The summed E-state index contributed by atoms with van der Waals surface area (Å²) in [4.78, 5) is 15.2. The lowest BCUT2D eigenvalue weighted by Gasteiger charge is -2.13. The van der Waals surface area contributed by atoms with E-state index in [0.717, 1.165) is 10.0 Å². The predicted octanol–water partition coefficient (Wildman–Crippen LogP) is 2.14. The molecule has 88 valence electrons. The molecular formula is C11H14BrNO3. The first-order valence-corrected chi connectivity index (χ1v) is 5.79. The van der Waals surface area contributed by atoms with Gasteiger partial charge in [-0.25, -0.2) is 0 Å². The molecule has 0 aliphatic heterocycles. The van der Waals surface area contributed by atoms with E-state index in [9.17, 15) is 9.90 Å². The van der Waals surface area contributed by atoms with Crippen molar-refractivity contribution in [1.82, 2.24) is 4.98 Å². The van der Waals surface area contributed by atoms with Gasteiger partial charge in [-0.05, 0) is 35.3 Å². The largest absolute Gasteiger partial charge is 0.466 e. The van der Waals surface area contributed by atoms with Crippen molar-refractivity contribution in [2.24, 2.45) is 0 Å². The van der Waals surface area contributed by atoms with Gasteiger partial charge in [-0.2, -0.15) is 0 Å². The molecule has 0 fully saturated rings. The highest BCUT2D eigenvalue weighted by Gasteiger charge is 2.17. The highest BCUT2D eigenvalue weighted by atomic mass is 79.9. The molecule has 1 atom stereocenters. The maximum Gasteiger partial charge on any atom is 0.308 e. The van der Waals surface area contributed by atoms with Crippen molar-refractivity contribution < 1.29 is 14.6 Å². The average Bonchev–Trinajstić information content (AvgIpc) is 2.22. The molecule has 0 bridgehead atoms.